The second kappa shape index (κ2) is 9.89. The highest BCUT2D eigenvalue weighted by atomic mass is 35.5. The molecule has 152 valence electrons. The van der Waals surface area contributed by atoms with Gasteiger partial charge in [-0.25, -0.2) is 0 Å². The Labute approximate surface area is 174 Å². The topological polar surface area (TPSA) is 32.7 Å². The molecule has 0 aromatic heterocycles. The lowest BCUT2D eigenvalue weighted by molar-refractivity contribution is -0.0285. The molecule has 1 saturated heterocycles. The summed E-state index contributed by atoms with van der Waals surface area (Å²) >= 11 is 6.14. The molecule has 1 N–H and O–H groups in total. The molecular weight excluding hydrogens is 370 g/mol. The lowest BCUT2D eigenvalue weighted by Gasteiger charge is -2.41. The van der Waals surface area contributed by atoms with Gasteiger partial charge in [-0.1, -0.05) is 68.3 Å². The minimum atomic E-state index is -0.923. The van der Waals surface area contributed by atoms with E-state index in [1.165, 1.54) is 5.56 Å². The van der Waals surface area contributed by atoms with Crippen LogP contribution in [0.4, 0.5) is 0 Å². The predicted octanol–water partition coefficient (Wildman–Crippen LogP) is 5.01. The molecule has 0 unspecified atom stereocenters. The van der Waals surface area contributed by atoms with Crippen molar-refractivity contribution in [1.29, 1.82) is 0 Å². The van der Waals surface area contributed by atoms with Crippen LogP contribution in [0.2, 0.25) is 5.02 Å². The SMILES string of the molecule is CCC[C@@](O)(c1ccc(CC)cc1)[C@@H](CN1CCOCC1)c1ccc(Cl)cc1. The number of aliphatic hydroxyl groups is 1. The van der Waals surface area contributed by atoms with Gasteiger partial charge in [0.25, 0.3) is 0 Å². The van der Waals surface area contributed by atoms with Gasteiger partial charge in [0, 0.05) is 30.6 Å². The first-order chi connectivity index (χ1) is 13.6. The Morgan fingerprint density at radius 2 is 1.68 bits per heavy atom. The Morgan fingerprint density at radius 3 is 2.25 bits per heavy atom. The van der Waals surface area contributed by atoms with Crippen LogP contribution in [0.25, 0.3) is 0 Å². The van der Waals surface area contributed by atoms with E-state index in [1.54, 1.807) is 0 Å². The predicted molar refractivity (Wildman–Crippen MR) is 116 cm³/mol. The van der Waals surface area contributed by atoms with E-state index >= 15 is 0 Å². The Bertz CT molecular complexity index is 725. The second-order valence-corrected chi connectivity index (χ2v) is 8.18. The maximum absolute atomic E-state index is 12.1. The van der Waals surface area contributed by atoms with E-state index < -0.39 is 5.60 Å². The zero-order valence-corrected chi connectivity index (χ0v) is 17.8. The van der Waals surface area contributed by atoms with Crippen molar-refractivity contribution in [2.75, 3.05) is 32.8 Å². The van der Waals surface area contributed by atoms with Gasteiger partial charge in [0.2, 0.25) is 0 Å². The number of hydrogen-bond donors (Lipinski definition) is 1. The first-order valence-corrected chi connectivity index (χ1v) is 10.8. The summed E-state index contributed by atoms with van der Waals surface area (Å²) in [7, 11) is 0. The van der Waals surface area contributed by atoms with Gasteiger partial charge in [0.05, 0.1) is 18.8 Å². The molecule has 1 aliphatic heterocycles. The maximum Gasteiger partial charge on any atom is 0.0976 e. The molecule has 3 rings (SSSR count). The van der Waals surface area contributed by atoms with Crippen molar-refractivity contribution in [3.63, 3.8) is 0 Å². The number of rotatable bonds is 8. The van der Waals surface area contributed by atoms with Crippen LogP contribution in [0.5, 0.6) is 0 Å². The molecule has 1 aliphatic rings. The maximum atomic E-state index is 12.1. The summed E-state index contributed by atoms with van der Waals surface area (Å²) in [6.07, 6.45) is 2.64. The highest BCUT2D eigenvalue weighted by molar-refractivity contribution is 6.30. The summed E-state index contributed by atoms with van der Waals surface area (Å²) in [5, 5.41) is 12.8. The van der Waals surface area contributed by atoms with Crippen molar-refractivity contribution in [1.82, 2.24) is 4.90 Å². The van der Waals surface area contributed by atoms with E-state index in [2.05, 4.69) is 55.1 Å². The van der Waals surface area contributed by atoms with Crippen LogP contribution < -0.4 is 0 Å². The number of hydrogen-bond acceptors (Lipinski definition) is 3. The Balaban J connectivity index is 2.00. The zero-order valence-electron chi connectivity index (χ0n) is 17.0. The normalized spacial score (nSPS) is 18.6. The van der Waals surface area contributed by atoms with Gasteiger partial charge in [0.15, 0.2) is 0 Å². The number of morpholine rings is 1. The zero-order chi connectivity index (χ0) is 20.0. The van der Waals surface area contributed by atoms with E-state index in [0.29, 0.717) is 0 Å². The highest BCUT2D eigenvalue weighted by Crippen LogP contribution is 2.42. The fraction of sp³-hybridized carbons (Fsp3) is 0.500. The first-order valence-electron chi connectivity index (χ1n) is 10.4. The minimum Gasteiger partial charge on any atom is -0.384 e. The molecule has 2 atom stereocenters. The van der Waals surface area contributed by atoms with Crippen LogP contribution in [0.15, 0.2) is 48.5 Å². The average Bonchev–Trinajstić information content (AvgIpc) is 2.74. The molecule has 0 aliphatic carbocycles. The summed E-state index contributed by atoms with van der Waals surface area (Å²) in [5.41, 5.74) is 2.50. The van der Waals surface area contributed by atoms with Gasteiger partial charge >= 0.3 is 0 Å². The molecule has 2 aromatic carbocycles. The Hall–Kier alpha value is -1.39. The van der Waals surface area contributed by atoms with Gasteiger partial charge in [0.1, 0.15) is 0 Å². The highest BCUT2D eigenvalue weighted by Gasteiger charge is 2.39. The smallest absolute Gasteiger partial charge is 0.0976 e. The van der Waals surface area contributed by atoms with Crippen LogP contribution in [0.1, 0.15) is 49.3 Å². The van der Waals surface area contributed by atoms with Gasteiger partial charge in [-0.3, -0.25) is 4.90 Å². The number of aryl methyl sites for hydroxylation is 1. The molecule has 4 heteroatoms. The monoisotopic (exact) mass is 401 g/mol. The first kappa shape index (κ1) is 21.3. The quantitative estimate of drug-likeness (QED) is 0.675. The molecule has 1 heterocycles. The summed E-state index contributed by atoms with van der Waals surface area (Å²) in [6.45, 7) is 8.41. The number of benzene rings is 2. The number of nitrogens with zero attached hydrogens (tertiary/aromatic N) is 1. The molecule has 28 heavy (non-hydrogen) atoms. The van der Waals surface area contributed by atoms with Crippen LogP contribution in [-0.4, -0.2) is 42.9 Å². The molecule has 0 saturated carbocycles. The van der Waals surface area contributed by atoms with Crippen LogP contribution in [0.3, 0.4) is 0 Å². The third-order valence-corrected chi connectivity index (χ3v) is 6.14. The number of halogens is 1. The average molecular weight is 402 g/mol. The van der Waals surface area contributed by atoms with E-state index in [-0.39, 0.29) is 5.92 Å². The van der Waals surface area contributed by atoms with Crippen molar-refractivity contribution in [3.8, 4) is 0 Å². The third kappa shape index (κ3) is 4.96. The largest absolute Gasteiger partial charge is 0.384 e. The van der Waals surface area contributed by atoms with Gasteiger partial charge < -0.3 is 9.84 Å². The van der Waals surface area contributed by atoms with E-state index in [9.17, 15) is 5.11 Å². The molecule has 0 amide bonds. The summed E-state index contributed by atoms with van der Waals surface area (Å²) < 4.78 is 5.52. The van der Waals surface area contributed by atoms with Crippen molar-refractivity contribution < 1.29 is 9.84 Å². The van der Waals surface area contributed by atoms with Crippen LogP contribution in [0, 0.1) is 0 Å². The second-order valence-electron chi connectivity index (χ2n) is 7.74. The van der Waals surface area contributed by atoms with Crippen LogP contribution >= 0.6 is 11.6 Å². The molecule has 0 spiro atoms. The minimum absolute atomic E-state index is 0.0321. The lowest BCUT2D eigenvalue weighted by Crippen LogP contribution is -2.45. The standard InChI is InChI=1S/C24H32ClNO2/c1-3-13-24(27,21-9-5-19(4-2)6-10-21)23(18-26-14-16-28-17-15-26)20-7-11-22(25)12-8-20/h5-12,23,27H,3-4,13-18H2,1-2H3/t23-,24+/m0/s1. The van der Waals surface area contributed by atoms with Gasteiger partial charge in [-0.2, -0.15) is 0 Å². The molecule has 3 nitrogen and oxygen atoms in total. The van der Waals surface area contributed by atoms with Crippen molar-refractivity contribution in [3.05, 3.63) is 70.2 Å². The Morgan fingerprint density at radius 1 is 1.04 bits per heavy atom. The van der Waals surface area contributed by atoms with Crippen molar-refractivity contribution in [2.45, 2.75) is 44.6 Å². The summed E-state index contributed by atoms with van der Waals surface area (Å²) in [4.78, 5) is 2.41. The van der Waals surface area contributed by atoms with Crippen molar-refractivity contribution in [2.24, 2.45) is 0 Å². The Kier molecular flexibility index (Phi) is 7.53. The molecule has 2 aromatic rings. The number of ether oxygens (including phenoxy) is 1. The molecule has 0 radical (unpaired) electrons. The van der Waals surface area contributed by atoms with Gasteiger partial charge in [-0.05, 0) is 41.7 Å². The van der Waals surface area contributed by atoms with E-state index in [0.717, 1.165) is 68.3 Å². The molecule has 1 fully saturated rings. The fourth-order valence-electron chi connectivity index (χ4n) is 4.20. The van der Waals surface area contributed by atoms with Crippen molar-refractivity contribution >= 4 is 11.6 Å². The lowest BCUT2D eigenvalue weighted by atomic mass is 9.74. The molecule has 0 bridgehead atoms. The molecular formula is C24H32ClNO2. The summed E-state index contributed by atoms with van der Waals surface area (Å²) in [6, 6.07) is 16.5. The van der Waals surface area contributed by atoms with E-state index in [1.807, 2.05) is 12.1 Å². The fourth-order valence-corrected chi connectivity index (χ4v) is 4.33. The van der Waals surface area contributed by atoms with Gasteiger partial charge in [-0.15, -0.1) is 0 Å². The third-order valence-electron chi connectivity index (χ3n) is 5.89. The van der Waals surface area contributed by atoms with Crippen LogP contribution in [-0.2, 0) is 16.8 Å². The van der Waals surface area contributed by atoms with E-state index in [4.69, 9.17) is 16.3 Å². The summed E-state index contributed by atoms with van der Waals surface area (Å²) in [5.74, 6) is -0.0321.